The Labute approximate surface area is 118 Å². The third kappa shape index (κ3) is 2.73. The van der Waals surface area contributed by atoms with Crippen molar-refractivity contribution in [1.82, 2.24) is 9.62 Å². The van der Waals surface area contributed by atoms with Gasteiger partial charge in [-0.05, 0) is 6.42 Å². The molecule has 1 aromatic heterocycles. The summed E-state index contributed by atoms with van der Waals surface area (Å²) in [5.74, 6) is -0.398. The van der Waals surface area contributed by atoms with E-state index < -0.39 is 26.5 Å². The molecule has 0 aliphatic carbocycles. The summed E-state index contributed by atoms with van der Waals surface area (Å²) >= 11 is 0.626. The van der Waals surface area contributed by atoms with E-state index in [1.165, 1.54) is 0 Å². The number of hydrogen-bond acceptors (Lipinski definition) is 7. The molecule has 1 fully saturated rings. The predicted octanol–water partition coefficient (Wildman–Crippen LogP) is -0.251. The van der Waals surface area contributed by atoms with Crippen molar-refractivity contribution in [3.8, 4) is 0 Å². The molecule has 0 aromatic carbocycles. The summed E-state index contributed by atoms with van der Waals surface area (Å²) in [7, 11) is -3.95. The van der Waals surface area contributed by atoms with Crippen molar-refractivity contribution in [2.24, 2.45) is 0 Å². The zero-order valence-electron chi connectivity index (χ0n) is 10.2. The maximum absolute atomic E-state index is 12.4. The van der Waals surface area contributed by atoms with Crippen LogP contribution in [-0.4, -0.2) is 43.2 Å². The first-order valence-corrected chi connectivity index (χ1v) is 7.88. The normalized spacial score (nSPS) is 17.5. The molecule has 20 heavy (non-hydrogen) atoms. The lowest BCUT2D eigenvalue weighted by Gasteiger charge is -2.17. The second kappa shape index (κ2) is 5.34. The van der Waals surface area contributed by atoms with Crippen LogP contribution in [0.15, 0.2) is 10.3 Å². The van der Waals surface area contributed by atoms with E-state index in [0.29, 0.717) is 24.3 Å². The Bertz CT molecular complexity index is 653. The Hall–Kier alpha value is -1.72. The molecule has 1 aliphatic rings. The molecule has 1 amide bonds. The summed E-state index contributed by atoms with van der Waals surface area (Å²) in [4.78, 5) is 21.4. The number of thiophene rings is 1. The third-order valence-electron chi connectivity index (χ3n) is 2.73. The molecule has 3 N–H and O–H groups in total. The number of hydrogen-bond donors (Lipinski definition) is 2. The van der Waals surface area contributed by atoms with Crippen LogP contribution in [-0.2, 0) is 14.8 Å². The molecule has 2 heterocycles. The van der Waals surface area contributed by atoms with E-state index in [4.69, 9.17) is 5.73 Å². The van der Waals surface area contributed by atoms with E-state index in [0.717, 1.165) is 10.4 Å². The molecule has 110 valence electrons. The van der Waals surface area contributed by atoms with Crippen LogP contribution in [0.1, 0.15) is 6.42 Å². The average Bonchev–Trinajstić information content (AvgIpc) is 2.62. The van der Waals surface area contributed by atoms with Crippen molar-refractivity contribution in [2.75, 3.05) is 25.4 Å². The van der Waals surface area contributed by atoms with Crippen molar-refractivity contribution in [3.63, 3.8) is 0 Å². The van der Waals surface area contributed by atoms with Gasteiger partial charge in [-0.15, -0.1) is 0 Å². The minimum atomic E-state index is -3.95. The zero-order valence-corrected chi connectivity index (χ0v) is 11.9. The number of sulfonamides is 1. The highest BCUT2D eigenvalue weighted by Gasteiger charge is 2.32. The number of amides is 1. The molecule has 0 bridgehead atoms. The summed E-state index contributed by atoms with van der Waals surface area (Å²) in [5, 5.41) is 13.1. The second-order valence-electron chi connectivity index (χ2n) is 4.11. The van der Waals surface area contributed by atoms with E-state index in [-0.39, 0.29) is 22.3 Å². The van der Waals surface area contributed by atoms with Gasteiger partial charge in [0.2, 0.25) is 5.91 Å². The molecular weight excluding hydrogens is 308 g/mol. The van der Waals surface area contributed by atoms with Gasteiger partial charge in [0, 0.05) is 19.2 Å². The lowest BCUT2D eigenvalue weighted by molar-refractivity contribution is -0.383. The maximum atomic E-state index is 12.4. The Kier molecular flexibility index (Phi) is 3.92. The number of rotatable bonds is 3. The number of nitrogens with one attached hydrogen (secondary N) is 1. The number of nitro groups is 1. The lowest BCUT2D eigenvalue weighted by atomic mass is 10.4. The summed E-state index contributed by atoms with van der Waals surface area (Å²) in [6.45, 7) is 0.276. The fraction of sp³-hybridized carbons (Fsp3) is 0.444. The first-order chi connectivity index (χ1) is 9.32. The second-order valence-corrected chi connectivity index (χ2v) is 7.36. The first-order valence-electron chi connectivity index (χ1n) is 5.63. The third-order valence-corrected chi connectivity index (χ3v) is 5.98. The van der Waals surface area contributed by atoms with Gasteiger partial charge in [-0.1, -0.05) is 11.3 Å². The van der Waals surface area contributed by atoms with Crippen molar-refractivity contribution in [3.05, 3.63) is 16.2 Å². The zero-order chi connectivity index (χ0) is 14.9. The van der Waals surface area contributed by atoms with Gasteiger partial charge in [-0.2, -0.15) is 4.31 Å². The highest BCUT2D eigenvalue weighted by molar-refractivity contribution is 7.91. The van der Waals surface area contributed by atoms with Crippen molar-refractivity contribution < 1.29 is 18.1 Å². The number of anilines is 1. The van der Waals surface area contributed by atoms with Crippen LogP contribution in [0.5, 0.6) is 0 Å². The predicted molar refractivity (Wildman–Crippen MR) is 71.8 cm³/mol. The molecule has 1 saturated heterocycles. The van der Waals surface area contributed by atoms with Gasteiger partial charge in [0.05, 0.1) is 11.5 Å². The molecule has 11 heteroatoms. The fourth-order valence-electron chi connectivity index (χ4n) is 1.75. The van der Waals surface area contributed by atoms with E-state index in [9.17, 15) is 23.3 Å². The van der Waals surface area contributed by atoms with Crippen LogP contribution >= 0.6 is 11.3 Å². The molecule has 1 aliphatic heterocycles. The molecule has 1 aromatic rings. The van der Waals surface area contributed by atoms with Gasteiger partial charge >= 0.3 is 5.69 Å². The monoisotopic (exact) mass is 320 g/mol. The highest BCUT2D eigenvalue weighted by Crippen LogP contribution is 2.35. The fourth-order valence-corrected chi connectivity index (χ4v) is 4.56. The van der Waals surface area contributed by atoms with Gasteiger partial charge in [-0.3, -0.25) is 14.9 Å². The van der Waals surface area contributed by atoms with Crippen LogP contribution in [0, 0.1) is 10.1 Å². The molecule has 9 nitrogen and oxygen atoms in total. The van der Waals surface area contributed by atoms with Crippen molar-refractivity contribution >= 4 is 38.0 Å². The van der Waals surface area contributed by atoms with E-state index in [2.05, 4.69) is 5.32 Å². The lowest BCUT2D eigenvalue weighted by Crippen LogP contribution is -2.37. The Morgan fingerprint density at radius 1 is 1.50 bits per heavy atom. The van der Waals surface area contributed by atoms with Crippen LogP contribution in [0.25, 0.3) is 0 Å². The minimum absolute atomic E-state index is 0.173. The van der Waals surface area contributed by atoms with Crippen molar-refractivity contribution in [2.45, 2.75) is 10.6 Å². The van der Waals surface area contributed by atoms with Gasteiger partial charge in [-0.25, -0.2) is 8.42 Å². The summed E-state index contributed by atoms with van der Waals surface area (Å²) in [5.41, 5.74) is 5.00. The smallest absolute Gasteiger partial charge is 0.304 e. The first kappa shape index (κ1) is 14.7. The van der Waals surface area contributed by atoms with Crippen LogP contribution in [0.2, 0.25) is 0 Å². The quantitative estimate of drug-likeness (QED) is 0.582. The molecule has 2 rings (SSSR count). The van der Waals surface area contributed by atoms with Crippen molar-refractivity contribution in [1.29, 1.82) is 0 Å². The van der Waals surface area contributed by atoms with Gasteiger partial charge in [0.25, 0.3) is 10.0 Å². The standard InChI is InChI=1S/C9H12N4O5S2/c10-9-6(13(15)16)4-8(19-9)20(17,18)12-3-1-2-11-7(14)5-12/h4H,1-3,5,10H2,(H,11,14). The number of carbonyl (C=O) groups is 1. The van der Waals surface area contributed by atoms with E-state index in [1.54, 1.807) is 0 Å². The molecule has 0 atom stereocenters. The van der Waals surface area contributed by atoms with Crippen LogP contribution in [0.3, 0.4) is 0 Å². The Morgan fingerprint density at radius 2 is 2.20 bits per heavy atom. The molecule has 0 unspecified atom stereocenters. The summed E-state index contributed by atoms with van der Waals surface area (Å²) in [6, 6.07) is 0.929. The largest absolute Gasteiger partial charge is 0.385 e. The number of nitrogens with two attached hydrogens (primary N) is 1. The molecule has 0 radical (unpaired) electrons. The van der Waals surface area contributed by atoms with Gasteiger partial charge < -0.3 is 11.1 Å². The summed E-state index contributed by atoms with van der Waals surface area (Å²) < 4.78 is 25.5. The topological polar surface area (TPSA) is 136 Å². The minimum Gasteiger partial charge on any atom is -0.385 e. The van der Waals surface area contributed by atoms with Gasteiger partial charge in [0.15, 0.2) is 5.00 Å². The molecular formula is C9H12N4O5S2. The number of nitrogens with zero attached hydrogens (tertiary/aromatic N) is 2. The van der Waals surface area contributed by atoms with Crippen LogP contribution < -0.4 is 11.1 Å². The molecule has 0 saturated carbocycles. The number of nitrogen functional groups attached to an aromatic ring is 1. The summed E-state index contributed by atoms with van der Waals surface area (Å²) in [6.07, 6.45) is 0.480. The SMILES string of the molecule is Nc1sc(S(=O)(=O)N2CCCNC(=O)C2)cc1[N+](=O)[O-]. The van der Waals surface area contributed by atoms with Gasteiger partial charge in [0.1, 0.15) is 4.21 Å². The maximum Gasteiger partial charge on any atom is 0.304 e. The number of carbonyl (C=O) groups excluding carboxylic acids is 1. The highest BCUT2D eigenvalue weighted by atomic mass is 32.2. The van der Waals surface area contributed by atoms with E-state index >= 15 is 0 Å². The van der Waals surface area contributed by atoms with Crippen LogP contribution in [0.4, 0.5) is 10.7 Å². The Morgan fingerprint density at radius 3 is 2.80 bits per heavy atom. The molecule has 0 spiro atoms. The van der Waals surface area contributed by atoms with E-state index in [1.807, 2.05) is 0 Å². The Balaban J connectivity index is 2.36. The average molecular weight is 320 g/mol.